The minimum Gasteiger partial charge on any atom is -0.458 e. The third-order valence-electron chi connectivity index (χ3n) is 7.87. The summed E-state index contributed by atoms with van der Waals surface area (Å²) in [4.78, 5) is 91.8. The van der Waals surface area contributed by atoms with Gasteiger partial charge in [-0.2, -0.15) is 11.8 Å². The van der Waals surface area contributed by atoms with Gasteiger partial charge in [-0.15, -0.1) is 0 Å². The fourth-order valence-electron chi connectivity index (χ4n) is 5.47. The first-order valence-corrected chi connectivity index (χ1v) is 18.5. The molecule has 3 rings (SSSR count). The zero-order valence-electron chi connectivity index (χ0n) is 30.6. The lowest BCUT2D eigenvalue weighted by Gasteiger charge is -2.32. The molecule has 15 heteroatoms. The lowest BCUT2D eigenvalue weighted by molar-refractivity contribution is -0.159. The van der Waals surface area contributed by atoms with Gasteiger partial charge in [0.25, 0.3) is 17.7 Å². The molecular formula is C36H51N5O9S. The topological polar surface area (TPSA) is 181 Å². The first kappa shape index (κ1) is 41.0. The number of carbonyl (C=O) groups excluding carboxylic acids is 7. The number of hydrogen-bond donors (Lipinski definition) is 3. The second kappa shape index (κ2) is 18.2. The van der Waals surface area contributed by atoms with Crippen LogP contribution in [0.25, 0.3) is 0 Å². The van der Waals surface area contributed by atoms with Crippen molar-refractivity contribution in [2.24, 2.45) is 0 Å². The maximum absolute atomic E-state index is 13.5. The van der Waals surface area contributed by atoms with Crippen molar-refractivity contribution in [1.82, 2.24) is 25.8 Å². The van der Waals surface area contributed by atoms with Crippen LogP contribution in [0.1, 0.15) is 88.7 Å². The van der Waals surface area contributed by atoms with E-state index in [-0.39, 0.29) is 19.5 Å². The van der Waals surface area contributed by atoms with Crippen LogP contribution >= 0.6 is 11.8 Å². The Morgan fingerprint density at radius 3 is 2.18 bits per heavy atom. The van der Waals surface area contributed by atoms with Gasteiger partial charge in [-0.25, -0.2) is 9.59 Å². The van der Waals surface area contributed by atoms with Gasteiger partial charge in [0.15, 0.2) is 0 Å². The number of imide groups is 1. The molecule has 280 valence electrons. The average Bonchev–Trinajstić information content (AvgIpc) is 3.36. The van der Waals surface area contributed by atoms with Crippen molar-refractivity contribution in [3.63, 3.8) is 0 Å². The van der Waals surface area contributed by atoms with Crippen LogP contribution in [0, 0.1) is 0 Å². The largest absolute Gasteiger partial charge is 0.458 e. The Balaban J connectivity index is 1.60. The van der Waals surface area contributed by atoms with Gasteiger partial charge in [-0.05, 0) is 103 Å². The van der Waals surface area contributed by atoms with E-state index in [0.717, 1.165) is 16.0 Å². The first-order chi connectivity index (χ1) is 23.9. The van der Waals surface area contributed by atoms with Crippen molar-refractivity contribution in [3.8, 4) is 0 Å². The summed E-state index contributed by atoms with van der Waals surface area (Å²) in [5.41, 5.74) is 0.570. The van der Waals surface area contributed by atoms with Crippen LogP contribution in [0.15, 0.2) is 30.4 Å². The number of fused-ring (bicyclic) bond motifs is 1. The fourth-order valence-corrected chi connectivity index (χ4v) is 5.94. The van der Waals surface area contributed by atoms with Crippen LogP contribution in [0.4, 0.5) is 4.79 Å². The molecule has 2 aliphatic rings. The Morgan fingerprint density at radius 1 is 0.882 bits per heavy atom. The number of benzene rings is 1. The molecule has 0 spiro atoms. The third kappa shape index (κ3) is 13.0. The van der Waals surface area contributed by atoms with Crippen LogP contribution in [-0.2, 0) is 46.4 Å². The molecule has 0 radical (unpaired) electrons. The molecule has 51 heavy (non-hydrogen) atoms. The second-order valence-corrected chi connectivity index (χ2v) is 15.4. The van der Waals surface area contributed by atoms with Crippen LogP contribution in [0.2, 0.25) is 0 Å². The molecule has 0 unspecified atom stereocenters. The smallest absolute Gasteiger partial charge is 0.410 e. The molecule has 2 aliphatic heterocycles. The van der Waals surface area contributed by atoms with Crippen molar-refractivity contribution >= 4 is 53.4 Å². The zero-order valence-corrected chi connectivity index (χ0v) is 31.4. The Labute approximate surface area is 303 Å². The van der Waals surface area contributed by atoms with E-state index in [1.165, 1.54) is 23.9 Å². The predicted molar refractivity (Wildman–Crippen MR) is 192 cm³/mol. The molecule has 0 saturated heterocycles. The maximum atomic E-state index is 13.5. The van der Waals surface area contributed by atoms with E-state index < -0.39 is 71.4 Å². The van der Waals surface area contributed by atoms with Gasteiger partial charge in [0.05, 0.1) is 6.54 Å². The van der Waals surface area contributed by atoms with Crippen LogP contribution in [-0.4, -0.2) is 106 Å². The summed E-state index contributed by atoms with van der Waals surface area (Å²) in [7, 11) is 0. The van der Waals surface area contributed by atoms with E-state index >= 15 is 0 Å². The van der Waals surface area contributed by atoms with Crippen molar-refractivity contribution in [2.75, 3.05) is 31.6 Å². The van der Waals surface area contributed by atoms with Gasteiger partial charge in [-0.3, -0.25) is 28.9 Å². The Kier molecular flexibility index (Phi) is 14.6. The normalized spacial score (nSPS) is 15.5. The minimum atomic E-state index is -1.03. The van der Waals surface area contributed by atoms with Gasteiger partial charge in [0, 0.05) is 37.3 Å². The Hall–Kier alpha value is -4.40. The van der Waals surface area contributed by atoms with Crippen molar-refractivity contribution in [1.29, 1.82) is 0 Å². The standard InChI is InChI=1S/C36H51N5O9S/c1-35(2,3)49-33(47)27(13-8-9-18-41-29(43)14-15-30(41)44)38-28(42)21-37-32(46)26(17-20-51-7)39-31(45)25-12-10-11-23-22-40(19-16-24(23)25)34(48)50-36(4,5)6/h10-12,14-15,26-27H,8-9,13,16-22H2,1-7H3,(H,37,46)(H,38,42)(H,39,45)/t26-,27-/m0/s1. The highest BCUT2D eigenvalue weighted by atomic mass is 32.2. The summed E-state index contributed by atoms with van der Waals surface area (Å²) >= 11 is 1.50. The van der Waals surface area contributed by atoms with E-state index in [9.17, 15) is 33.6 Å². The molecule has 14 nitrogen and oxygen atoms in total. The number of hydrogen-bond acceptors (Lipinski definition) is 10. The number of esters is 1. The molecular weight excluding hydrogens is 678 g/mol. The van der Waals surface area contributed by atoms with Gasteiger partial charge in [0.2, 0.25) is 11.8 Å². The van der Waals surface area contributed by atoms with Crippen LogP contribution in [0.3, 0.4) is 0 Å². The van der Waals surface area contributed by atoms with Crippen LogP contribution in [0.5, 0.6) is 0 Å². The number of thioether (sulfide) groups is 1. The molecule has 6 amide bonds. The van der Waals surface area contributed by atoms with Gasteiger partial charge in [-0.1, -0.05) is 12.1 Å². The summed E-state index contributed by atoms with van der Waals surface area (Å²) in [6.45, 7) is 10.9. The zero-order chi connectivity index (χ0) is 37.9. The number of nitrogens with zero attached hydrogens (tertiary/aromatic N) is 2. The summed E-state index contributed by atoms with van der Waals surface area (Å²) in [5, 5.41) is 8.03. The van der Waals surface area contributed by atoms with E-state index in [1.54, 1.807) is 58.6 Å². The van der Waals surface area contributed by atoms with Gasteiger partial charge >= 0.3 is 12.1 Å². The van der Waals surface area contributed by atoms with Crippen molar-refractivity contribution in [2.45, 2.75) is 103 Å². The molecule has 2 heterocycles. The summed E-state index contributed by atoms with van der Waals surface area (Å²) in [6, 6.07) is 3.30. The quantitative estimate of drug-likeness (QED) is 0.138. The second-order valence-electron chi connectivity index (χ2n) is 14.4. The van der Waals surface area contributed by atoms with Crippen molar-refractivity contribution < 1.29 is 43.0 Å². The van der Waals surface area contributed by atoms with E-state index in [2.05, 4.69) is 16.0 Å². The molecule has 0 fully saturated rings. The highest BCUT2D eigenvalue weighted by Crippen LogP contribution is 2.24. The maximum Gasteiger partial charge on any atom is 0.410 e. The third-order valence-corrected chi connectivity index (χ3v) is 8.51. The van der Waals surface area contributed by atoms with Crippen molar-refractivity contribution in [3.05, 3.63) is 47.0 Å². The number of unbranched alkanes of at least 4 members (excludes halogenated alkanes) is 1. The highest BCUT2D eigenvalue weighted by molar-refractivity contribution is 7.98. The molecule has 2 atom stereocenters. The predicted octanol–water partition coefficient (Wildman–Crippen LogP) is 2.87. The first-order valence-electron chi connectivity index (χ1n) is 17.1. The minimum absolute atomic E-state index is 0.176. The number of rotatable bonds is 15. The summed E-state index contributed by atoms with van der Waals surface area (Å²) < 4.78 is 11.0. The molecule has 0 aromatic heterocycles. The Bertz CT molecular complexity index is 1500. The molecule has 1 aromatic carbocycles. The number of carbonyl (C=O) groups is 7. The monoisotopic (exact) mass is 729 g/mol. The molecule has 0 bridgehead atoms. The summed E-state index contributed by atoms with van der Waals surface area (Å²) in [6.07, 6.45) is 5.59. The molecule has 0 aliphatic carbocycles. The average molecular weight is 730 g/mol. The molecule has 3 N–H and O–H groups in total. The van der Waals surface area contributed by atoms with Gasteiger partial charge < -0.3 is 30.3 Å². The van der Waals surface area contributed by atoms with Crippen LogP contribution < -0.4 is 16.0 Å². The SMILES string of the molecule is CSCC[C@H](NC(=O)c1cccc2c1CCN(C(=O)OC(C)(C)C)C2)C(=O)NCC(=O)N[C@@H](CCCCN1C(=O)C=CC1=O)C(=O)OC(C)(C)C. The van der Waals surface area contributed by atoms with Gasteiger partial charge in [0.1, 0.15) is 23.3 Å². The lowest BCUT2D eigenvalue weighted by Crippen LogP contribution is -2.51. The summed E-state index contributed by atoms with van der Waals surface area (Å²) in [5.74, 6) is -2.51. The number of ether oxygens (including phenoxy) is 2. The number of nitrogens with one attached hydrogen (secondary N) is 3. The van der Waals surface area contributed by atoms with E-state index in [1.807, 2.05) is 12.3 Å². The number of amides is 6. The molecule has 1 aromatic rings. The fraction of sp³-hybridized carbons (Fsp3) is 0.583. The molecule has 0 saturated carbocycles. The van der Waals surface area contributed by atoms with E-state index in [0.29, 0.717) is 43.5 Å². The lowest BCUT2D eigenvalue weighted by atomic mass is 9.94. The Morgan fingerprint density at radius 2 is 1.55 bits per heavy atom. The highest BCUT2D eigenvalue weighted by Gasteiger charge is 2.31. The van der Waals surface area contributed by atoms with E-state index in [4.69, 9.17) is 9.47 Å².